The molecule has 1 aromatic heterocycles. The molecule has 1 aliphatic rings. The molecule has 1 heterocycles. The molecule has 2 nitrogen and oxygen atoms in total. The van der Waals surface area contributed by atoms with Crippen molar-refractivity contribution >= 4 is 26.8 Å². The third-order valence-corrected chi connectivity index (χ3v) is 4.60. The second kappa shape index (κ2) is 5.06. The summed E-state index contributed by atoms with van der Waals surface area (Å²) in [5, 5.41) is 4.93. The van der Waals surface area contributed by atoms with Crippen LogP contribution in [-0.2, 0) is 6.54 Å². The van der Waals surface area contributed by atoms with Gasteiger partial charge < -0.3 is 9.88 Å². The normalized spacial score (nSPS) is 17.2. The molecule has 3 heteroatoms. The van der Waals surface area contributed by atoms with E-state index in [1.54, 1.807) is 0 Å². The Morgan fingerprint density at radius 1 is 1.39 bits per heavy atom. The summed E-state index contributed by atoms with van der Waals surface area (Å²) in [5.41, 5.74) is 1.31. The van der Waals surface area contributed by atoms with Crippen LogP contribution < -0.4 is 5.32 Å². The van der Waals surface area contributed by atoms with Crippen molar-refractivity contribution in [3.63, 3.8) is 0 Å². The van der Waals surface area contributed by atoms with Gasteiger partial charge in [0.05, 0.1) is 0 Å². The van der Waals surface area contributed by atoms with E-state index < -0.39 is 0 Å². The van der Waals surface area contributed by atoms with Gasteiger partial charge in [0.1, 0.15) is 0 Å². The van der Waals surface area contributed by atoms with Crippen molar-refractivity contribution in [1.82, 2.24) is 9.88 Å². The molecule has 96 valence electrons. The second-order valence-electron chi connectivity index (χ2n) is 5.26. The fourth-order valence-corrected chi connectivity index (χ4v) is 3.04. The Morgan fingerprint density at radius 2 is 2.22 bits per heavy atom. The molecule has 2 aromatic rings. The Hall–Kier alpha value is -0.800. The first-order valence-corrected chi connectivity index (χ1v) is 7.52. The summed E-state index contributed by atoms with van der Waals surface area (Å²) in [6.45, 7) is 4.40. The van der Waals surface area contributed by atoms with Gasteiger partial charge in [-0.05, 0) is 43.9 Å². The van der Waals surface area contributed by atoms with Gasteiger partial charge in [-0.1, -0.05) is 22.0 Å². The first-order valence-electron chi connectivity index (χ1n) is 6.72. The van der Waals surface area contributed by atoms with Crippen LogP contribution in [0.2, 0.25) is 0 Å². The van der Waals surface area contributed by atoms with Gasteiger partial charge in [0.15, 0.2) is 0 Å². The molecule has 1 atom stereocenters. The van der Waals surface area contributed by atoms with Gasteiger partial charge in [-0.3, -0.25) is 0 Å². The minimum absolute atomic E-state index is 0.679. The number of nitrogens with zero attached hydrogens (tertiary/aromatic N) is 1. The Kier molecular flexibility index (Phi) is 3.44. The minimum atomic E-state index is 0.679. The third-order valence-electron chi connectivity index (χ3n) is 3.91. The van der Waals surface area contributed by atoms with E-state index in [0.29, 0.717) is 6.04 Å². The molecule has 3 rings (SSSR count). The van der Waals surface area contributed by atoms with Gasteiger partial charge in [-0.2, -0.15) is 0 Å². The molecule has 0 aliphatic heterocycles. The lowest BCUT2D eigenvalue weighted by molar-refractivity contribution is 0.478. The summed E-state index contributed by atoms with van der Waals surface area (Å²) in [5.74, 6) is 0.931. The second-order valence-corrected chi connectivity index (χ2v) is 6.12. The van der Waals surface area contributed by atoms with E-state index in [1.807, 2.05) is 0 Å². The molecule has 1 aliphatic carbocycles. The van der Waals surface area contributed by atoms with E-state index in [9.17, 15) is 0 Å². The predicted molar refractivity (Wildman–Crippen MR) is 79.8 cm³/mol. The Balaban J connectivity index is 1.65. The summed E-state index contributed by atoms with van der Waals surface area (Å²) in [4.78, 5) is 0. The fraction of sp³-hybridized carbons (Fsp3) is 0.467. The van der Waals surface area contributed by atoms with Crippen molar-refractivity contribution in [3.8, 4) is 0 Å². The van der Waals surface area contributed by atoms with Crippen molar-refractivity contribution in [3.05, 3.63) is 34.9 Å². The van der Waals surface area contributed by atoms with Gasteiger partial charge in [-0.15, -0.1) is 0 Å². The molecule has 0 radical (unpaired) electrons. The van der Waals surface area contributed by atoms with E-state index >= 15 is 0 Å². The summed E-state index contributed by atoms with van der Waals surface area (Å²) in [6.07, 6.45) is 5.00. The number of rotatable bonds is 5. The minimum Gasteiger partial charge on any atom is -0.346 e. The standard InChI is InChI=1S/C15H19BrN2/c1-11(12-5-6-12)17-8-10-18-9-7-13-14(16)3-2-4-15(13)18/h2-4,7,9,11-12,17H,5-6,8,10H2,1H3. The van der Waals surface area contributed by atoms with Crippen LogP contribution in [0.25, 0.3) is 10.9 Å². The summed E-state index contributed by atoms with van der Waals surface area (Å²) in [7, 11) is 0. The van der Waals surface area contributed by atoms with Gasteiger partial charge in [0.25, 0.3) is 0 Å². The zero-order valence-corrected chi connectivity index (χ0v) is 12.3. The highest BCUT2D eigenvalue weighted by Crippen LogP contribution is 2.32. The lowest BCUT2D eigenvalue weighted by atomic mass is 10.2. The molecule has 0 spiro atoms. The molecule has 1 N–H and O–H groups in total. The summed E-state index contributed by atoms with van der Waals surface area (Å²) in [6, 6.07) is 9.25. The predicted octanol–water partition coefficient (Wildman–Crippen LogP) is 3.79. The van der Waals surface area contributed by atoms with E-state index in [2.05, 4.69) is 63.2 Å². The number of nitrogens with one attached hydrogen (secondary N) is 1. The molecule has 1 unspecified atom stereocenters. The average Bonchev–Trinajstić information content (AvgIpc) is 3.13. The van der Waals surface area contributed by atoms with Crippen LogP contribution >= 0.6 is 15.9 Å². The van der Waals surface area contributed by atoms with Crippen molar-refractivity contribution in [2.45, 2.75) is 32.4 Å². The maximum Gasteiger partial charge on any atom is 0.0492 e. The van der Waals surface area contributed by atoms with Gasteiger partial charge in [-0.25, -0.2) is 0 Å². The van der Waals surface area contributed by atoms with Gasteiger partial charge >= 0.3 is 0 Å². The maximum atomic E-state index is 3.63. The number of aromatic nitrogens is 1. The molecular formula is C15H19BrN2. The molecule has 0 saturated heterocycles. The van der Waals surface area contributed by atoms with E-state index in [4.69, 9.17) is 0 Å². The van der Waals surface area contributed by atoms with Crippen LogP contribution in [0.5, 0.6) is 0 Å². The molecule has 0 amide bonds. The van der Waals surface area contributed by atoms with Crippen LogP contribution in [0.4, 0.5) is 0 Å². The zero-order chi connectivity index (χ0) is 12.5. The van der Waals surface area contributed by atoms with Crippen LogP contribution in [-0.4, -0.2) is 17.2 Å². The lowest BCUT2D eigenvalue weighted by Crippen LogP contribution is -2.30. The van der Waals surface area contributed by atoms with E-state index in [-0.39, 0.29) is 0 Å². The first-order chi connectivity index (χ1) is 8.75. The number of halogens is 1. The van der Waals surface area contributed by atoms with Crippen molar-refractivity contribution in [1.29, 1.82) is 0 Å². The van der Waals surface area contributed by atoms with Crippen molar-refractivity contribution in [2.24, 2.45) is 5.92 Å². The SMILES string of the molecule is CC(NCCn1ccc2c(Br)cccc21)C1CC1. The first kappa shape index (κ1) is 12.2. The van der Waals surface area contributed by atoms with Gasteiger partial charge in [0, 0.05) is 40.7 Å². The average molecular weight is 307 g/mol. The molecule has 1 fully saturated rings. The highest BCUT2D eigenvalue weighted by molar-refractivity contribution is 9.10. The maximum absolute atomic E-state index is 3.63. The van der Waals surface area contributed by atoms with Crippen molar-refractivity contribution in [2.75, 3.05) is 6.54 Å². The third kappa shape index (κ3) is 2.47. The van der Waals surface area contributed by atoms with Crippen LogP contribution in [0.3, 0.4) is 0 Å². The number of benzene rings is 1. The summed E-state index contributed by atoms with van der Waals surface area (Å²) >= 11 is 3.60. The number of hydrogen-bond donors (Lipinski definition) is 1. The van der Waals surface area contributed by atoms with Crippen molar-refractivity contribution < 1.29 is 0 Å². The molecule has 0 bridgehead atoms. The zero-order valence-electron chi connectivity index (χ0n) is 10.7. The monoisotopic (exact) mass is 306 g/mol. The summed E-state index contributed by atoms with van der Waals surface area (Å²) < 4.78 is 3.50. The Morgan fingerprint density at radius 3 is 3.00 bits per heavy atom. The van der Waals surface area contributed by atoms with Crippen LogP contribution in [0.1, 0.15) is 19.8 Å². The highest BCUT2D eigenvalue weighted by atomic mass is 79.9. The number of hydrogen-bond acceptors (Lipinski definition) is 1. The molecule has 1 saturated carbocycles. The Labute approximate surface area is 116 Å². The fourth-order valence-electron chi connectivity index (χ4n) is 2.56. The molecule has 1 aromatic carbocycles. The van der Waals surface area contributed by atoms with E-state index in [0.717, 1.165) is 19.0 Å². The van der Waals surface area contributed by atoms with Crippen LogP contribution in [0.15, 0.2) is 34.9 Å². The largest absolute Gasteiger partial charge is 0.346 e. The highest BCUT2D eigenvalue weighted by Gasteiger charge is 2.27. The Bertz CT molecular complexity index is 542. The van der Waals surface area contributed by atoms with E-state index in [1.165, 1.54) is 28.2 Å². The lowest BCUT2D eigenvalue weighted by Gasteiger charge is -2.13. The topological polar surface area (TPSA) is 17.0 Å². The van der Waals surface area contributed by atoms with Crippen LogP contribution in [0, 0.1) is 5.92 Å². The van der Waals surface area contributed by atoms with Gasteiger partial charge in [0.2, 0.25) is 0 Å². The smallest absolute Gasteiger partial charge is 0.0492 e. The molecule has 18 heavy (non-hydrogen) atoms. The number of fused-ring (bicyclic) bond motifs is 1. The molecular weight excluding hydrogens is 288 g/mol. The quantitative estimate of drug-likeness (QED) is 0.889.